The van der Waals surface area contributed by atoms with Gasteiger partial charge in [-0.1, -0.05) is 84.0 Å². The normalized spacial score (nSPS) is 11.7. The first-order valence-electron chi connectivity index (χ1n) is 10.4. The van der Waals surface area contributed by atoms with Gasteiger partial charge in [0.25, 0.3) is 0 Å². The zero-order valence-corrected chi connectivity index (χ0v) is 17.0. The van der Waals surface area contributed by atoms with Gasteiger partial charge in [0.05, 0.1) is 6.61 Å². The molecule has 0 N–H and O–H groups in total. The molecule has 7 heteroatoms. The van der Waals surface area contributed by atoms with Crippen LogP contribution in [0.2, 0.25) is 0 Å². The Bertz CT molecular complexity index is 434. The van der Waals surface area contributed by atoms with E-state index in [-0.39, 0.29) is 6.61 Å². The molecule has 0 bridgehead atoms. The summed E-state index contributed by atoms with van der Waals surface area (Å²) >= 11 is 0. The Hall–Kier alpha value is -1.53. The quantitative estimate of drug-likeness (QED) is 0.161. The number of carbonyl (C=O) groups is 2. The Morgan fingerprint density at radius 3 is 1.50 bits per heavy atom. The molecular weight excluding hydrogens is 373 g/mol. The number of unbranched alkanes of at least 4 members (excludes halogenated alkanes) is 12. The van der Waals surface area contributed by atoms with Crippen LogP contribution in [0.1, 0.15) is 90.4 Å². The molecule has 0 saturated carbocycles. The zero-order valence-electron chi connectivity index (χ0n) is 17.0. The van der Waals surface area contributed by atoms with Crippen molar-refractivity contribution >= 4 is 11.9 Å². The van der Waals surface area contributed by atoms with Crippen LogP contribution in [0, 0.1) is 0 Å². The highest BCUT2D eigenvalue weighted by Gasteiger charge is 2.29. The second-order valence-corrected chi connectivity index (χ2v) is 6.97. The molecule has 0 atom stereocenters. The van der Waals surface area contributed by atoms with Crippen molar-refractivity contribution in [1.82, 2.24) is 0 Å². The Kier molecular flexibility index (Phi) is 16.6. The van der Waals surface area contributed by atoms with Gasteiger partial charge in [-0.3, -0.25) is 0 Å². The molecule has 0 unspecified atom stereocenters. The lowest BCUT2D eigenvalue weighted by molar-refractivity contribution is -0.182. The molecule has 0 saturated heterocycles. The molecule has 0 heterocycles. The average molecular weight is 409 g/mol. The molecule has 0 amide bonds. The Morgan fingerprint density at radius 2 is 1.07 bits per heavy atom. The highest BCUT2D eigenvalue weighted by molar-refractivity contribution is 5.91. The number of ether oxygens (including phenoxy) is 2. The first-order valence-corrected chi connectivity index (χ1v) is 10.4. The fourth-order valence-corrected chi connectivity index (χ4v) is 2.68. The van der Waals surface area contributed by atoms with E-state index in [0.717, 1.165) is 25.3 Å². The van der Waals surface area contributed by atoms with Crippen LogP contribution in [0.4, 0.5) is 13.2 Å². The number of hydrogen-bond acceptors (Lipinski definition) is 4. The molecule has 0 aliphatic heterocycles. The monoisotopic (exact) mass is 408 g/mol. The molecule has 0 radical (unpaired) electrons. The minimum Gasteiger partial charge on any atom is -0.463 e. The van der Waals surface area contributed by atoms with E-state index in [1.807, 2.05) is 0 Å². The van der Waals surface area contributed by atoms with Crippen molar-refractivity contribution in [3.63, 3.8) is 0 Å². The molecule has 0 fully saturated rings. The number of halogens is 3. The van der Waals surface area contributed by atoms with Gasteiger partial charge in [-0.05, 0) is 6.42 Å². The third kappa shape index (κ3) is 20.8. The van der Waals surface area contributed by atoms with Gasteiger partial charge < -0.3 is 9.47 Å². The van der Waals surface area contributed by atoms with Crippen LogP contribution in [0.15, 0.2) is 12.2 Å². The third-order valence-electron chi connectivity index (χ3n) is 4.23. The first kappa shape index (κ1) is 26.5. The van der Waals surface area contributed by atoms with Crippen LogP contribution in [0.3, 0.4) is 0 Å². The van der Waals surface area contributed by atoms with Crippen molar-refractivity contribution in [2.75, 3.05) is 13.2 Å². The molecule has 164 valence electrons. The van der Waals surface area contributed by atoms with Crippen LogP contribution in [-0.4, -0.2) is 31.3 Å². The predicted molar refractivity (Wildman–Crippen MR) is 103 cm³/mol. The van der Waals surface area contributed by atoms with Crippen LogP contribution < -0.4 is 0 Å². The van der Waals surface area contributed by atoms with Crippen molar-refractivity contribution in [2.24, 2.45) is 0 Å². The number of esters is 2. The summed E-state index contributed by atoms with van der Waals surface area (Å²) in [5.74, 6) is -1.99. The fraction of sp³-hybridized carbons (Fsp3) is 0.810. The van der Waals surface area contributed by atoms with Crippen LogP contribution in [0.5, 0.6) is 0 Å². The number of rotatable bonds is 17. The van der Waals surface area contributed by atoms with Gasteiger partial charge in [0.1, 0.15) is 0 Å². The smallest absolute Gasteiger partial charge is 0.422 e. The highest BCUT2D eigenvalue weighted by Crippen LogP contribution is 2.14. The SMILES string of the molecule is CCCCCCCCCCCCCCCOC(=O)/C=C/C(=O)OCC(F)(F)F. The van der Waals surface area contributed by atoms with E-state index in [0.29, 0.717) is 6.08 Å². The van der Waals surface area contributed by atoms with Crippen molar-refractivity contribution in [3.05, 3.63) is 12.2 Å². The summed E-state index contributed by atoms with van der Waals surface area (Å²) in [5.41, 5.74) is 0. The molecule has 0 aliphatic carbocycles. The van der Waals surface area contributed by atoms with Gasteiger partial charge in [-0.25, -0.2) is 9.59 Å². The molecule has 0 aromatic carbocycles. The summed E-state index contributed by atoms with van der Waals surface area (Å²) in [6.45, 7) is 0.786. The van der Waals surface area contributed by atoms with E-state index in [1.165, 1.54) is 64.2 Å². The summed E-state index contributed by atoms with van der Waals surface area (Å²) in [5, 5.41) is 0. The summed E-state index contributed by atoms with van der Waals surface area (Å²) in [6.07, 6.45) is 12.6. The molecule has 0 aromatic rings. The molecule has 0 rings (SSSR count). The maximum Gasteiger partial charge on any atom is 0.422 e. The van der Waals surface area contributed by atoms with Gasteiger partial charge in [0.2, 0.25) is 0 Å². The molecule has 4 nitrogen and oxygen atoms in total. The fourth-order valence-electron chi connectivity index (χ4n) is 2.68. The lowest BCUT2D eigenvalue weighted by Crippen LogP contribution is -2.19. The molecular formula is C21H35F3O4. The minimum atomic E-state index is -4.59. The summed E-state index contributed by atoms with van der Waals surface area (Å²) < 4.78 is 44.3. The van der Waals surface area contributed by atoms with Gasteiger partial charge >= 0.3 is 18.1 Å². The Labute approximate surface area is 166 Å². The van der Waals surface area contributed by atoms with Gasteiger partial charge in [0, 0.05) is 12.2 Å². The largest absolute Gasteiger partial charge is 0.463 e. The number of alkyl halides is 3. The maximum atomic E-state index is 11.8. The van der Waals surface area contributed by atoms with E-state index >= 15 is 0 Å². The van der Waals surface area contributed by atoms with E-state index < -0.39 is 24.7 Å². The summed E-state index contributed by atoms with van der Waals surface area (Å²) in [6, 6.07) is 0. The average Bonchev–Trinajstić information content (AvgIpc) is 2.64. The number of carbonyl (C=O) groups excluding carboxylic acids is 2. The van der Waals surface area contributed by atoms with E-state index in [1.54, 1.807) is 0 Å². The van der Waals surface area contributed by atoms with Crippen molar-refractivity contribution in [3.8, 4) is 0 Å². The Morgan fingerprint density at radius 1 is 0.679 bits per heavy atom. The molecule has 28 heavy (non-hydrogen) atoms. The summed E-state index contributed by atoms with van der Waals surface area (Å²) in [4.78, 5) is 22.3. The zero-order chi connectivity index (χ0) is 21.1. The molecule has 0 spiro atoms. The van der Waals surface area contributed by atoms with Crippen molar-refractivity contribution < 1.29 is 32.2 Å². The highest BCUT2D eigenvalue weighted by atomic mass is 19.4. The third-order valence-corrected chi connectivity index (χ3v) is 4.23. The second-order valence-electron chi connectivity index (χ2n) is 6.97. The predicted octanol–water partition coefficient (Wildman–Crippen LogP) is 6.28. The minimum absolute atomic E-state index is 0.235. The van der Waals surface area contributed by atoms with Crippen LogP contribution >= 0.6 is 0 Å². The van der Waals surface area contributed by atoms with Gasteiger partial charge in [0.15, 0.2) is 6.61 Å². The van der Waals surface area contributed by atoms with Crippen LogP contribution in [-0.2, 0) is 19.1 Å². The van der Waals surface area contributed by atoms with E-state index in [4.69, 9.17) is 4.74 Å². The Balaban J connectivity index is 3.40. The lowest BCUT2D eigenvalue weighted by atomic mass is 10.0. The summed E-state index contributed by atoms with van der Waals surface area (Å²) in [7, 11) is 0. The van der Waals surface area contributed by atoms with E-state index in [2.05, 4.69) is 11.7 Å². The lowest BCUT2D eigenvalue weighted by Gasteiger charge is -2.05. The number of hydrogen-bond donors (Lipinski definition) is 0. The standard InChI is InChI=1S/C21H35F3O4/c1-2-3-4-5-6-7-8-9-10-11-12-13-14-17-27-19(25)15-16-20(26)28-18-21(22,23)24/h15-16H,2-14,17-18H2,1H3/b16-15+. The van der Waals surface area contributed by atoms with Crippen molar-refractivity contribution in [1.29, 1.82) is 0 Å². The molecule has 0 aromatic heterocycles. The topological polar surface area (TPSA) is 52.6 Å². The van der Waals surface area contributed by atoms with E-state index in [9.17, 15) is 22.8 Å². The van der Waals surface area contributed by atoms with Crippen LogP contribution in [0.25, 0.3) is 0 Å². The van der Waals surface area contributed by atoms with Crippen molar-refractivity contribution in [2.45, 2.75) is 96.6 Å². The van der Waals surface area contributed by atoms with Gasteiger partial charge in [-0.2, -0.15) is 13.2 Å². The second kappa shape index (κ2) is 17.6. The van der Waals surface area contributed by atoms with Gasteiger partial charge in [-0.15, -0.1) is 0 Å². The first-order chi connectivity index (χ1) is 13.3. The molecule has 0 aliphatic rings. The maximum absolute atomic E-state index is 11.8.